The van der Waals surface area contributed by atoms with Crippen LogP contribution in [0.25, 0.3) is 0 Å². The Labute approximate surface area is 113 Å². The summed E-state index contributed by atoms with van der Waals surface area (Å²) in [5.41, 5.74) is 4.83. The van der Waals surface area contributed by atoms with E-state index in [0.717, 1.165) is 22.6 Å². The Morgan fingerprint density at radius 1 is 1.00 bits per heavy atom. The van der Waals surface area contributed by atoms with E-state index in [0.29, 0.717) is 0 Å². The summed E-state index contributed by atoms with van der Waals surface area (Å²) in [7, 11) is 3.30. The predicted octanol–water partition coefficient (Wildman–Crippen LogP) is 2.26. The minimum absolute atomic E-state index is 0.147. The van der Waals surface area contributed by atoms with Crippen molar-refractivity contribution < 1.29 is 9.47 Å². The van der Waals surface area contributed by atoms with Gasteiger partial charge in [0.2, 0.25) is 0 Å². The molecule has 0 aromatic heterocycles. The number of rotatable bonds is 5. The van der Waals surface area contributed by atoms with Crippen molar-refractivity contribution in [3.63, 3.8) is 0 Å². The van der Waals surface area contributed by atoms with Crippen LogP contribution in [0.15, 0.2) is 48.5 Å². The second-order valence-corrected chi connectivity index (χ2v) is 4.12. The lowest BCUT2D eigenvalue weighted by atomic mass is 9.98. The number of benzene rings is 2. The molecule has 0 amide bonds. The molecule has 0 aliphatic rings. The normalized spacial score (nSPS) is 11.9. The highest BCUT2D eigenvalue weighted by Gasteiger charge is 2.16. The first kappa shape index (κ1) is 13.4. The zero-order valence-electron chi connectivity index (χ0n) is 11.1. The highest BCUT2D eigenvalue weighted by atomic mass is 16.5. The van der Waals surface area contributed by atoms with Crippen LogP contribution in [0.3, 0.4) is 0 Å². The van der Waals surface area contributed by atoms with Gasteiger partial charge < -0.3 is 9.47 Å². The molecule has 0 heterocycles. The van der Waals surface area contributed by atoms with E-state index in [4.69, 9.17) is 15.3 Å². The van der Waals surface area contributed by atoms with E-state index < -0.39 is 0 Å². The van der Waals surface area contributed by atoms with Gasteiger partial charge in [-0.05, 0) is 23.8 Å². The molecular weight excluding hydrogens is 240 g/mol. The summed E-state index contributed by atoms with van der Waals surface area (Å²) in [5.74, 6) is 7.30. The van der Waals surface area contributed by atoms with E-state index >= 15 is 0 Å². The van der Waals surface area contributed by atoms with Crippen molar-refractivity contribution in [2.24, 2.45) is 5.84 Å². The van der Waals surface area contributed by atoms with Gasteiger partial charge in [0.25, 0.3) is 0 Å². The third kappa shape index (κ3) is 2.86. The smallest absolute Gasteiger partial charge is 0.124 e. The Morgan fingerprint density at radius 2 is 1.79 bits per heavy atom. The molecule has 1 atom stereocenters. The lowest BCUT2D eigenvalue weighted by Gasteiger charge is -2.20. The number of nitrogens with one attached hydrogen (secondary N) is 1. The van der Waals surface area contributed by atoms with Crippen LogP contribution >= 0.6 is 0 Å². The molecule has 0 aliphatic heterocycles. The average molecular weight is 258 g/mol. The number of hydrazine groups is 1. The van der Waals surface area contributed by atoms with Crippen LogP contribution < -0.4 is 20.7 Å². The van der Waals surface area contributed by atoms with Crippen molar-refractivity contribution in [3.05, 3.63) is 59.7 Å². The highest BCUT2D eigenvalue weighted by molar-refractivity contribution is 5.43. The molecule has 2 rings (SSSR count). The minimum atomic E-state index is -0.147. The van der Waals surface area contributed by atoms with Gasteiger partial charge in [-0.25, -0.2) is 5.43 Å². The van der Waals surface area contributed by atoms with Gasteiger partial charge in [0.15, 0.2) is 0 Å². The maximum atomic E-state index is 5.71. The van der Waals surface area contributed by atoms with Crippen LogP contribution in [0.5, 0.6) is 11.5 Å². The molecule has 0 saturated heterocycles. The van der Waals surface area contributed by atoms with Crippen molar-refractivity contribution >= 4 is 0 Å². The summed E-state index contributed by atoms with van der Waals surface area (Å²) in [6, 6.07) is 15.4. The van der Waals surface area contributed by atoms with Gasteiger partial charge in [0.1, 0.15) is 11.5 Å². The van der Waals surface area contributed by atoms with Gasteiger partial charge in [0, 0.05) is 5.56 Å². The number of methoxy groups -OCH3 is 2. The van der Waals surface area contributed by atoms with Crippen LogP contribution in [0.1, 0.15) is 17.2 Å². The molecule has 3 N–H and O–H groups in total. The molecule has 0 radical (unpaired) electrons. The van der Waals surface area contributed by atoms with E-state index in [9.17, 15) is 0 Å². The second-order valence-electron chi connectivity index (χ2n) is 4.12. The van der Waals surface area contributed by atoms with Crippen LogP contribution in [0, 0.1) is 0 Å². The number of ether oxygens (including phenoxy) is 2. The number of para-hydroxylation sites is 1. The maximum Gasteiger partial charge on any atom is 0.124 e. The van der Waals surface area contributed by atoms with Crippen LogP contribution in [0.4, 0.5) is 0 Å². The van der Waals surface area contributed by atoms with E-state index in [1.165, 1.54) is 0 Å². The first-order valence-electron chi connectivity index (χ1n) is 6.03. The largest absolute Gasteiger partial charge is 0.497 e. The molecule has 4 nitrogen and oxygen atoms in total. The van der Waals surface area contributed by atoms with Crippen LogP contribution in [-0.2, 0) is 0 Å². The molecule has 100 valence electrons. The summed E-state index contributed by atoms with van der Waals surface area (Å²) in [5, 5.41) is 0. The third-order valence-electron chi connectivity index (χ3n) is 3.04. The fourth-order valence-electron chi connectivity index (χ4n) is 2.09. The molecular formula is C15H18N2O2. The van der Waals surface area contributed by atoms with E-state index in [-0.39, 0.29) is 6.04 Å². The summed E-state index contributed by atoms with van der Waals surface area (Å²) < 4.78 is 10.6. The topological polar surface area (TPSA) is 56.5 Å². The first-order chi connectivity index (χ1) is 9.30. The van der Waals surface area contributed by atoms with Crippen molar-refractivity contribution in [2.45, 2.75) is 6.04 Å². The van der Waals surface area contributed by atoms with E-state index in [1.54, 1.807) is 14.2 Å². The van der Waals surface area contributed by atoms with Crippen molar-refractivity contribution in [1.82, 2.24) is 5.43 Å². The zero-order valence-corrected chi connectivity index (χ0v) is 11.1. The minimum Gasteiger partial charge on any atom is -0.497 e. The summed E-state index contributed by atoms with van der Waals surface area (Å²) in [6.45, 7) is 0. The highest BCUT2D eigenvalue weighted by Crippen LogP contribution is 2.30. The molecule has 2 aromatic rings. The summed E-state index contributed by atoms with van der Waals surface area (Å²) in [6.07, 6.45) is 0. The Bertz CT molecular complexity index is 543. The fraction of sp³-hybridized carbons (Fsp3) is 0.200. The molecule has 0 bridgehead atoms. The molecule has 19 heavy (non-hydrogen) atoms. The molecule has 1 unspecified atom stereocenters. The Kier molecular flexibility index (Phi) is 4.39. The quantitative estimate of drug-likeness (QED) is 0.638. The monoisotopic (exact) mass is 258 g/mol. The SMILES string of the molecule is COc1cccc(C(NN)c2ccccc2OC)c1. The van der Waals surface area contributed by atoms with Gasteiger partial charge in [-0.2, -0.15) is 0 Å². The Balaban J connectivity index is 2.43. The average Bonchev–Trinajstić information content (AvgIpc) is 2.49. The zero-order chi connectivity index (χ0) is 13.7. The molecule has 0 fully saturated rings. The maximum absolute atomic E-state index is 5.71. The predicted molar refractivity (Wildman–Crippen MR) is 75.2 cm³/mol. The molecule has 2 aromatic carbocycles. The van der Waals surface area contributed by atoms with Crippen LogP contribution in [0.2, 0.25) is 0 Å². The van der Waals surface area contributed by atoms with Gasteiger partial charge in [-0.3, -0.25) is 5.84 Å². The van der Waals surface area contributed by atoms with Crippen LogP contribution in [-0.4, -0.2) is 14.2 Å². The fourth-order valence-corrected chi connectivity index (χ4v) is 2.09. The van der Waals surface area contributed by atoms with Crippen molar-refractivity contribution in [1.29, 1.82) is 0 Å². The Hall–Kier alpha value is -2.04. The molecule has 4 heteroatoms. The third-order valence-corrected chi connectivity index (χ3v) is 3.04. The summed E-state index contributed by atoms with van der Waals surface area (Å²) in [4.78, 5) is 0. The van der Waals surface area contributed by atoms with E-state index in [1.807, 2.05) is 48.5 Å². The first-order valence-corrected chi connectivity index (χ1v) is 6.03. The van der Waals surface area contributed by atoms with Crippen molar-refractivity contribution in [3.8, 4) is 11.5 Å². The molecule has 0 spiro atoms. The number of hydrogen-bond donors (Lipinski definition) is 2. The molecule has 0 saturated carbocycles. The van der Waals surface area contributed by atoms with E-state index in [2.05, 4.69) is 5.43 Å². The van der Waals surface area contributed by atoms with Gasteiger partial charge in [0.05, 0.1) is 20.3 Å². The number of hydrogen-bond acceptors (Lipinski definition) is 4. The Morgan fingerprint density at radius 3 is 2.47 bits per heavy atom. The van der Waals surface area contributed by atoms with Crippen molar-refractivity contribution in [2.75, 3.05) is 14.2 Å². The number of nitrogens with two attached hydrogens (primary N) is 1. The van der Waals surface area contributed by atoms with Gasteiger partial charge in [-0.15, -0.1) is 0 Å². The lowest BCUT2D eigenvalue weighted by Crippen LogP contribution is -2.29. The lowest BCUT2D eigenvalue weighted by molar-refractivity contribution is 0.403. The van der Waals surface area contributed by atoms with Gasteiger partial charge >= 0.3 is 0 Å². The summed E-state index contributed by atoms with van der Waals surface area (Å²) >= 11 is 0. The van der Waals surface area contributed by atoms with Gasteiger partial charge in [-0.1, -0.05) is 30.3 Å². The standard InChI is InChI=1S/C15H18N2O2/c1-18-12-7-5-6-11(10-12)15(17-16)13-8-3-4-9-14(13)19-2/h3-10,15,17H,16H2,1-2H3. The molecule has 0 aliphatic carbocycles. The second kappa shape index (κ2) is 6.22.